The van der Waals surface area contributed by atoms with Gasteiger partial charge in [-0.2, -0.15) is 0 Å². The fourth-order valence-corrected chi connectivity index (χ4v) is 2.53. The van der Waals surface area contributed by atoms with Crippen LogP contribution in [0.5, 0.6) is 11.5 Å². The van der Waals surface area contributed by atoms with Gasteiger partial charge in [0.1, 0.15) is 11.5 Å². The van der Waals surface area contributed by atoms with E-state index in [4.69, 9.17) is 21.7 Å². The van der Waals surface area contributed by atoms with Gasteiger partial charge in [-0.05, 0) is 66.5 Å². The first-order valence-electron chi connectivity index (χ1n) is 9.74. The van der Waals surface area contributed by atoms with Gasteiger partial charge in [0.05, 0.1) is 6.61 Å². The molecule has 0 aromatic heterocycles. The Morgan fingerprint density at radius 3 is 2.13 bits per heavy atom. The molecule has 0 saturated carbocycles. The van der Waals surface area contributed by atoms with E-state index in [0.29, 0.717) is 29.6 Å². The summed E-state index contributed by atoms with van der Waals surface area (Å²) < 4.78 is 10.9. The van der Waals surface area contributed by atoms with Crippen molar-refractivity contribution in [2.45, 2.75) is 33.1 Å². The Bertz CT molecular complexity index is 852. The monoisotopic (exact) mass is 429 g/mol. The van der Waals surface area contributed by atoms with Gasteiger partial charge in [0.2, 0.25) is 0 Å². The van der Waals surface area contributed by atoms with Gasteiger partial charge in [-0.15, -0.1) is 0 Å². The zero-order chi connectivity index (χ0) is 21.9. The third-order valence-corrected chi connectivity index (χ3v) is 4.25. The summed E-state index contributed by atoms with van der Waals surface area (Å²) in [5, 5.41) is 2.46. The molecular weight excluding hydrogens is 402 g/mol. The van der Waals surface area contributed by atoms with Gasteiger partial charge in [-0.1, -0.05) is 32.9 Å². The smallest absolute Gasteiger partial charge is 0.276 e. The highest BCUT2D eigenvalue weighted by Gasteiger charge is 2.09. The third kappa shape index (κ3) is 7.71. The molecule has 2 amide bonds. The number of hydrogen-bond acceptors (Lipinski definition) is 5. The van der Waals surface area contributed by atoms with Crippen LogP contribution in [0.4, 0.5) is 0 Å². The van der Waals surface area contributed by atoms with Gasteiger partial charge in [-0.3, -0.25) is 25.8 Å². The van der Waals surface area contributed by atoms with Crippen LogP contribution in [0.1, 0.15) is 49.0 Å². The summed E-state index contributed by atoms with van der Waals surface area (Å²) in [7, 11) is 0. The van der Waals surface area contributed by atoms with E-state index >= 15 is 0 Å². The Kier molecular flexibility index (Phi) is 9.08. The van der Waals surface area contributed by atoms with Crippen LogP contribution in [0.25, 0.3) is 0 Å². The molecule has 0 bridgehead atoms. The Labute approximate surface area is 182 Å². The number of ether oxygens (including phenoxy) is 2. The third-order valence-electron chi connectivity index (χ3n) is 4.05. The van der Waals surface area contributed by atoms with E-state index in [1.54, 1.807) is 24.3 Å². The molecule has 0 aliphatic carbocycles. The van der Waals surface area contributed by atoms with Crippen molar-refractivity contribution < 1.29 is 19.1 Å². The lowest BCUT2D eigenvalue weighted by atomic mass is 10.0. The molecule has 0 aliphatic heterocycles. The number of carbonyl (C=O) groups excluding carboxylic acids is 2. The summed E-state index contributed by atoms with van der Waals surface area (Å²) in [6.07, 6.45) is 0.906. The summed E-state index contributed by atoms with van der Waals surface area (Å²) >= 11 is 5.02. The molecule has 0 unspecified atom stereocenters. The lowest BCUT2D eigenvalue weighted by molar-refractivity contribution is -0.123. The van der Waals surface area contributed by atoms with Crippen LogP contribution in [0.3, 0.4) is 0 Å². The van der Waals surface area contributed by atoms with Crippen LogP contribution in [0, 0.1) is 0 Å². The van der Waals surface area contributed by atoms with Crippen LogP contribution < -0.4 is 25.6 Å². The van der Waals surface area contributed by atoms with Crippen molar-refractivity contribution in [2.75, 3.05) is 13.2 Å². The topological polar surface area (TPSA) is 88.7 Å². The average Bonchev–Trinajstić information content (AvgIpc) is 2.75. The number of hydrogen-bond donors (Lipinski definition) is 3. The summed E-state index contributed by atoms with van der Waals surface area (Å²) in [5.74, 6) is 0.884. The molecule has 160 valence electrons. The molecule has 0 atom stereocenters. The van der Waals surface area contributed by atoms with Crippen molar-refractivity contribution in [3.8, 4) is 11.5 Å². The highest BCUT2D eigenvalue weighted by atomic mass is 32.1. The molecule has 2 aromatic carbocycles. The van der Waals surface area contributed by atoms with Crippen LogP contribution in [0.2, 0.25) is 0 Å². The molecule has 0 heterocycles. The predicted molar refractivity (Wildman–Crippen MR) is 120 cm³/mol. The van der Waals surface area contributed by atoms with E-state index in [2.05, 4.69) is 30.0 Å². The molecule has 0 radical (unpaired) electrons. The van der Waals surface area contributed by atoms with Crippen LogP contribution in [-0.4, -0.2) is 30.1 Å². The quantitative estimate of drug-likeness (QED) is 0.441. The highest BCUT2D eigenvalue weighted by Crippen LogP contribution is 2.18. The van der Waals surface area contributed by atoms with Crippen molar-refractivity contribution in [1.82, 2.24) is 16.2 Å². The van der Waals surface area contributed by atoms with E-state index in [9.17, 15) is 9.59 Å². The number of thiocarbonyl (C=S) groups is 1. The van der Waals surface area contributed by atoms with Gasteiger partial charge in [0, 0.05) is 5.56 Å². The van der Waals surface area contributed by atoms with Crippen molar-refractivity contribution in [1.29, 1.82) is 0 Å². The number of carbonyl (C=O) groups is 2. The lowest BCUT2D eigenvalue weighted by Gasteiger charge is -2.12. The number of amides is 2. The highest BCUT2D eigenvalue weighted by molar-refractivity contribution is 7.80. The first kappa shape index (κ1) is 23.2. The molecule has 0 fully saturated rings. The Balaban J connectivity index is 1.71. The maximum atomic E-state index is 12.2. The Morgan fingerprint density at radius 1 is 0.933 bits per heavy atom. The summed E-state index contributed by atoms with van der Waals surface area (Å²) in [5.41, 5.74) is 6.47. The zero-order valence-electron chi connectivity index (χ0n) is 17.4. The zero-order valence-corrected chi connectivity index (χ0v) is 18.2. The second-order valence-corrected chi connectivity index (χ2v) is 7.25. The van der Waals surface area contributed by atoms with Gasteiger partial charge in [-0.25, -0.2) is 0 Å². The Morgan fingerprint density at radius 2 is 1.53 bits per heavy atom. The fraction of sp³-hybridized carbons (Fsp3) is 0.318. The largest absolute Gasteiger partial charge is 0.494 e. The van der Waals surface area contributed by atoms with Gasteiger partial charge < -0.3 is 9.47 Å². The number of benzene rings is 2. The standard InChI is InChI=1S/C22H27N3O4S/c1-4-13-28-18-11-7-17(8-12-18)21(27)23-22(30)25-24-20(26)14-29-19-9-5-16(6-10-19)15(2)3/h5-12,15H,4,13-14H2,1-3H3,(H,24,26)(H2,23,25,27,30). The van der Waals surface area contributed by atoms with E-state index in [1.165, 1.54) is 5.56 Å². The minimum atomic E-state index is -0.433. The minimum absolute atomic E-state index is 0.0269. The Hall–Kier alpha value is -3.13. The van der Waals surface area contributed by atoms with E-state index < -0.39 is 11.8 Å². The average molecular weight is 430 g/mol. The molecule has 8 heteroatoms. The van der Waals surface area contributed by atoms with E-state index in [-0.39, 0.29) is 11.7 Å². The normalized spacial score (nSPS) is 10.3. The minimum Gasteiger partial charge on any atom is -0.494 e. The predicted octanol–water partition coefficient (Wildman–Crippen LogP) is 3.31. The summed E-state index contributed by atoms with van der Waals surface area (Å²) in [6.45, 7) is 6.65. The molecule has 3 N–H and O–H groups in total. The molecule has 30 heavy (non-hydrogen) atoms. The number of rotatable bonds is 8. The molecule has 0 aliphatic rings. The maximum absolute atomic E-state index is 12.2. The molecular formula is C22H27N3O4S. The van der Waals surface area contributed by atoms with E-state index in [1.807, 2.05) is 31.2 Å². The second kappa shape index (κ2) is 11.8. The van der Waals surface area contributed by atoms with Crippen LogP contribution >= 0.6 is 12.2 Å². The van der Waals surface area contributed by atoms with E-state index in [0.717, 1.165) is 6.42 Å². The summed E-state index contributed by atoms with van der Waals surface area (Å²) in [4.78, 5) is 24.1. The molecule has 0 spiro atoms. The lowest BCUT2D eigenvalue weighted by Crippen LogP contribution is -2.49. The summed E-state index contributed by atoms with van der Waals surface area (Å²) in [6, 6.07) is 14.3. The molecule has 0 saturated heterocycles. The number of nitrogens with one attached hydrogen (secondary N) is 3. The first-order chi connectivity index (χ1) is 14.4. The van der Waals surface area contributed by atoms with Crippen molar-refractivity contribution in [2.24, 2.45) is 0 Å². The first-order valence-corrected chi connectivity index (χ1v) is 10.2. The van der Waals surface area contributed by atoms with Crippen LogP contribution in [0.15, 0.2) is 48.5 Å². The SMILES string of the molecule is CCCOc1ccc(C(=O)NC(=S)NNC(=O)COc2ccc(C(C)C)cc2)cc1. The van der Waals surface area contributed by atoms with Gasteiger partial charge in [0.25, 0.3) is 11.8 Å². The van der Waals surface area contributed by atoms with Crippen molar-refractivity contribution in [3.05, 3.63) is 59.7 Å². The molecule has 7 nitrogen and oxygen atoms in total. The van der Waals surface area contributed by atoms with Gasteiger partial charge in [0.15, 0.2) is 11.7 Å². The van der Waals surface area contributed by atoms with Crippen molar-refractivity contribution in [3.63, 3.8) is 0 Å². The second-order valence-electron chi connectivity index (χ2n) is 6.84. The molecule has 2 aromatic rings. The number of hydrazine groups is 1. The molecule has 2 rings (SSSR count). The fourth-order valence-electron chi connectivity index (χ4n) is 2.39. The van der Waals surface area contributed by atoms with Gasteiger partial charge >= 0.3 is 0 Å². The van der Waals surface area contributed by atoms with Crippen LogP contribution in [-0.2, 0) is 4.79 Å². The van der Waals surface area contributed by atoms with Crippen molar-refractivity contribution >= 4 is 29.1 Å². The maximum Gasteiger partial charge on any atom is 0.276 e.